The van der Waals surface area contributed by atoms with Crippen LogP contribution >= 0.6 is 23.2 Å². The van der Waals surface area contributed by atoms with E-state index in [-0.39, 0.29) is 12.4 Å². The minimum Gasteiger partial charge on any atom is -0.373 e. The molecule has 0 aliphatic carbocycles. The van der Waals surface area contributed by atoms with Crippen molar-refractivity contribution in [1.82, 2.24) is 4.98 Å². The molecule has 0 amide bonds. The fourth-order valence-electron chi connectivity index (χ4n) is 1.68. The summed E-state index contributed by atoms with van der Waals surface area (Å²) in [6.07, 6.45) is 2.39. The number of carbonyl (C=O) groups excluding carboxylic acids is 1. The Morgan fingerprint density at radius 3 is 2.80 bits per heavy atom. The summed E-state index contributed by atoms with van der Waals surface area (Å²) in [4.78, 5) is 16.1. The molecular weight excluding hydrogens is 297 g/mol. The monoisotopic (exact) mass is 309 g/mol. The first-order valence-electron chi connectivity index (χ1n) is 6.13. The number of nitrogens with zero attached hydrogens (tertiary/aromatic N) is 1. The first-order valence-corrected chi connectivity index (χ1v) is 6.88. The molecule has 1 aromatic carbocycles. The summed E-state index contributed by atoms with van der Waals surface area (Å²) in [6, 6.07) is 10.5. The molecule has 0 saturated heterocycles. The van der Waals surface area contributed by atoms with Crippen LogP contribution in [0, 0.1) is 0 Å². The largest absolute Gasteiger partial charge is 0.373 e. The van der Waals surface area contributed by atoms with Crippen LogP contribution in [0.15, 0.2) is 42.6 Å². The Labute approximate surface area is 127 Å². The van der Waals surface area contributed by atoms with Crippen LogP contribution in [-0.4, -0.2) is 24.0 Å². The van der Waals surface area contributed by atoms with Crippen molar-refractivity contribution >= 4 is 29.0 Å². The van der Waals surface area contributed by atoms with Crippen LogP contribution in [0.2, 0.25) is 10.0 Å². The quantitative estimate of drug-likeness (QED) is 0.601. The van der Waals surface area contributed by atoms with Crippen LogP contribution in [0.1, 0.15) is 16.1 Å². The molecule has 0 aliphatic rings. The summed E-state index contributed by atoms with van der Waals surface area (Å²) in [6.45, 7) is 0.411. The number of rotatable bonds is 6. The van der Waals surface area contributed by atoms with Crippen LogP contribution in [0.25, 0.3) is 0 Å². The molecule has 2 aromatic rings. The van der Waals surface area contributed by atoms with Gasteiger partial charge in [0.1, 0.15) is 6.61 Å². The molecule has 0 radical (unpaired) electrons. The van der Waals surface area contributed by atoms with Crippen LogP contribution < -0.4 is 0 Å². The third-order valence-corrected chi connectivity index (χ3v) is 3.26. The molecule has 3 nitrogen and oxygen atoms in total. The second-order valence-corrected chi connectivity index (χ2v) is 5.01. The maximum Gasteiger partial charge on any atom is 0.190 e. The van der Waals surface area contributed by atoms with Gasteiger partial charge in [-0.15, -0.1) is 0 Å². The second kappa shape index (κ2) is 7.39. The molecule has 5 heteroatoms. The molecule has 0 saturated carbocycles. The number of hydrogen-bond acceptors (Lipinski definition) is 3. The lowest BCUT2D eigenvalue weighted by Crippen LogP contribution is -2.11. The highest BCUT2D eigenvalue weighted by molar-refractivity contribution is 6.35. The van der Waals surface area contributed by atoms with Crippen molar-refractivity contribution in [3.05, 3.63) is 63.9 Å². The lowest BCUT2D eigenvalue weighted by Gasteiger charge is -2.05. The zero-order chi connectivity index (χ0) is 14.4. The van der Waals surface area contributed by atoms with E-state index in [1.54, 1.807) is 24.4 Å². The van der Waals surface area contributed by atoms with Crippen molar-refractivity contribution in [2.75, 3.05) is 13.2 Å². The molecule has 1 heterocycles. The molecular formula is C15H13Cl2NO2. The standard InChI is InChI=1S/C15H13Cl2NO2/c16-11-4-5-14(17)13(9-11)15(19)10-20-8-6-12-3-1-2-7-18-12/h1-5,7,9H,6,8,10H2. The van der Waals surface area contributed by atoms with Gasteiger partial charge in [0.15, 0.2) is 5.78 Å². The van der Waals surface area contributed by atoms with Gasteiger partial charge in [0, 0.05) is 28.9 Å². The number of aromatic nitrogens is 1. The zero-order valence-corrected chi connectivity index (χ0v) is 12.2. The van der Waals surface area contributed by atoms with E-state index in [1.165, 1.54) is 0 Å². The molecule has 104 valence electrons. The van der Waals surface area contributed by atoms with Gasteiger partial charge in [-0.3, -0.25) is 9.78 Å². The van der Waals surface area contributed by atoms with Crippen molar-refractivity contribution in [2.24, 2.45) is 0 Å². The van der Waals surface area contributed by atoms with E-state index in [4.69, 9.17) is 27.9 Å². The fourth-order valence-corrected chi connectivity index (χ4v) is 2.07. The Bertz CT molecular complexity index is 588. The van der Waals surface area contributed by atoms with Crippen LogP contribution in [0.4, 0.5) is 0 Å². The van der Waals surface area contributed by atoms with E-state index in [9.17, 15) is 4.79 Å². The van der Waals surface area contributed by atoms with Gasteiger partial charge in [-0.1, -0.05) is 29.3 Å². The number of pyridine rings is 1. The van der Waals surface area contributed by atoms with Crippen LogP contribution in [-0.2, 0) is 11.2 Å². The molecule has 0 atom stereocenters. The first-order chi connectivity index (χ1) is 9.66. The van der Waals surface area contributed by atoms with Crippen LogP contribution in [0.3, 0.4) is 0 Å². The predicted molar refractivity (Wildman–Crippen MR) is 79.6 cm³/mol. The van der Waals surface area contributed by atoms with Gasteiger partial charge < -0.3 is 4.74 Å². The summed E-state index contributed by atoms with van der Waals surface area (Å²) in [5.74, 6) is -0.182. The second-order valence-electron chi connectivity index (χ2n) is 4.17. The normalized spacial score (nSPS) is 10.5. The van der Waals surface area contributed by atoms with Crippen molar-refractivity contribution in [1.29, 1.82) is 0 Å². The Kier molecular flexibility index (Phi) is 5.53. The summed E-state index contributed by atoms with van der Waals surface area (Å²) < 4.78 is 5.36. The van der Waals surface area contributed by atoms with Gasteiger partial charge in [-0.25, -0.2) is 0 Å². The smallest absolute Gasteiger partial charge is 0.190 e. The van der Waals surface area contributed by atoms with E-state index in [1.807, 2.05) is 18.2 Å². The van der Waals surface area contributed by atoms with Gasteiger partial charge >= 0.3 is 0 Å². The number of benzene rings is 1. The minimum atomic E-state index is -0.182. The summed E-state index contributed by atoms with van der Waals surface area (Å²) in [7, 11) is 0. The van der Waals surface area contributed by atoms with E-state index < -0.39 is 0 Å². The highest BCUT2D eigenvalue weighted by Gasteiger charge is 2.11. The Morgan fingerprint density at radius 2 is 2.05 bits per heavy atom. The Hall–Kier alpha value is -1.42. The number of ether oxygens (including phenoxy) is 1. The average molecular weight is 310 g/mol. The summed E-state index contributed by atoms with van der Waals surface area (Å²) in [5, 5.41) is 0.860. The molecule has 20 heavy (non-hydrogen) atoms. The van der Waals surface area contributed by atoms with Gasteiger partial charge in [-0.05, 0) is 30.3 Å². The van der Waals surface area contributed by atoms with Crippen molar-refractivity contribution in [3.8, 4) is 0 Å². The highest BCUT2D eigenvalue weighted by atomic mass is 35.5. The van der Waals surface area contributed by atoms with E-state index in [0.29, 0.717) is 28.6 Å². The Morgan fingerprint density at radius 1 is 1.20 bits per heavy atom. The molecule has 0 N–H and O–H groups in total. The lowest BCUT2D eigenvalue weighted by molar-refractivity contribution is 0.0764. The van der Waals surface area contributed by atoms with Gasteiger partial charge in [0.2, 0.25) is 0 Å². The fraction of sp³-hybridized carbons (Fsp3) is 0.200. The minimum absolute atomic E-state index is 0.0209. The molecule has 0 bridgehead atoms. The highest BCUT2D eigenvalue weighted by Crippen LogP contribution is 2.21. The van der Waals surface area contributed by atoms with E-state index >= 15 is 0 Å². The number of hydrogen-bond donors (Lipinski definition) is 0. The molecule has 1 aromatic heterocycles. The maximum absolute atomic E-state index is 11.9. The zero-order valence-electron chi connectivity index (χ0n) is 10.7. The van der Waals surface area contributed by atoms with E-state index in [0.717, 1.165) is 5.69 Å². The number of ketones is 1. The Balaban J connectivity index is 1.82. The topological polar surface area (TPSA) is 39.2 Å². The van der Waals surface area contributed by atoms with Crippen molar-refractivity contribution in [3.63, 3.8) is 0 Å². The molecule has 0 spiro atoms. The molecule has 0 unspecified atom stereocenters. The summed E-state index contributed by atoms with van der Waals surface area (Å²) >= 11 is 11.8. The lowest BCUT2D eigenvalue weighted by atomic mass is 10.1. The summed E-state index contributed by atoms with van der Waals surface area (Å²) in [5.41, 5.74) is 1.32. The molecule has 0 aliphatic heterocycles. The van der Waals surface area contributed by atoms with Gasteiger partial charge in [-0.2, -0.15) is 0 Å². The van der Waals surface area contributed by atoms with Gasteiger partial charge in [0.05, 0.1) is 11.6 Å². The molecule has 0 fully saturated rings. The number of Topliss-reactive ketones (excluding diaryl/α,β-unsaturated/α-hetero) is 1. The SMILES string of the molecule is O=C(COCCc1ccccn1)c1cc(Cl)ccc1Cl. The van der Waals surface area contributed by atoms with E-state index in [2.05, 4.69) is 4.98 Å². The first kappa shape index (κ1) is 15.0. The van der Waals surface area contributed by atoms with Crippen molar-refractivity contribution < 1.29 is 9.53 Å². The third-order valence-electron chi connectivity index (χ3n) is 2.69. The third kappa shape index (κ3) is 4.30. The number of carbonyl (C=O) groups is 1. The van der Waals surface area contributed by atoms with Crippen LogP contribution in [0.5, 0.6) is 0 Å². The predicted octanol–water partition coefficient (Wildman–Crippen LogP) is 3.83. The van der Waals surface area contributed by atoms with Crippen molar-refractivity contribution in [2.45, 2.75) is 6.42 Å². The number of halogens is 2. The molecule has 2 rings (SSSR count). The average Bonchev–Trinajstić information content (AvgIpc) is 2.47. The maximum atomic E-state index is 11.9. The van der Waals surface area contributed by atoms with Gasteiger partial charge in [0.25, 0.3) is 0 Å².